The van der Waals surface area contributed by atoms with Crippen LogP contribution in [0, 0.1) is 0 Å². The van der Waals surface area contributed by atoms with Crippen LogP contribution in [-0.4, -0.2) is 23.0 Å². The average Bonchev–Trinajstić information content (AvgIpc) is 3.07. The van der Waals surface area contributed by atoms with Gasteiger partial charge in [0, 0.05) is 18.1 Å². The first-order valence-electron chi connectivity index (χ1n) is 7.98. The van der Waals surface area contributed by atoms with Gasteiger partial charge in [0.15, 0.2) is 0 Å². The van der Waals surface area contributed by atoms with E-state index in [-0.39, 0.29) is 57.8 Å². The summed E-state index contributed by atoms with van der Waals surface area (Å²) in [6.45, 7) is 1.09. The third kappa shape index (κ3) is 5.87. The molecule has 1 atom stereocenters. The molecule has 8 heteroatoms. The molecule has 1 unspecified atom stereocenters. The molecule has 0 bridgehead atoms. The van der Waals surface area contributed by atoms with Gasteiger partial charge in [-0.3, -0.25) is 4.98 Å². The normalized spacial score (nSPS) is 13.2. The van der Waals surface area contributed by atoms with Crippen LogP contribution in [0.2, 0.25) is 0 Å². The summed E-state index contributed by atoms with van der Waals surface area (Å²) in [6.07, 6.45) is 4.01. The summed E-state index contributed by atoms with van der Waals surface area (Å²) in [4.78, 5) is 27.3. The number of hydrogen-bond donors (Lipinski definition) is 2. The molecule has 1 aromatic heterocycles. The first-order valence-corrected chi connectivity index (χ1v) is 7.98. The smallest absolute Gasteiger partial charge is 0.548 e. The van der Waals surface area contributed by atoms with Gasteiger partial charge in [0.25, 0.3) is 0 Å². The molecule has 2 amide bonds. The molecule has 7 nitrogen and oxygen atoms in total. The van der Waals surface area contributed by atoms with Gasteiger partial charge < -0.3 is 25.3 Å². The molecule has 3 rings (SSSR count). The van der Waals surface area contributed by atoms with Crippen molar-refractivity contribution in [1.82, 2.24) is 10.3 Å². The van der Waals surface area contributed by atoms with E-state index in [2.05, 4.69) is 15.6 Å². The second-order valence-corrected chi connectivity index (χ2v) is 5.84. The van der Waals surface area contributed by atoms with Crippen molar-refractivity contribution in [2.45, 2.75) is 32.1 Å². The standard InChI is InChI=1S/C18H19N3O4.K/c22-17(23)16(4-1-12-5-7-19-8-6-12)21-18(24)20-15-3-2-13-10-25-11-14(13)9-15;/h2-3,5-9,16H,1,4,10-11H2,(H,22,23)(H2,20,21,24);/q;+1/p-1. The zero-order chi connectivity index (χ0) is 17.6. The van der Waals surface area contributed by atoms with E-state index in [1.54, 1.807) is 30.6 Å². The summed E-state index contributed by atoms with van der Waals surface area (Å²) in [5.41, 5.74) is 3.65. The molecule has 2 aromatic rings. The number of carboxylic acid groups (broad SMARTS) is 1. The van der Waals surface area contributed by atoms with E-state index < -0.39 is 18.0 Å². The number of ether oxygens (including phenoxy) is 1. The summed E-state index contributed by atoms with van der Waals surface area (Å²) in [6, 6.07) is 7.43. The van der Waals surface area contributed by atoms with Crippen LogP contribution in [0.3, 0.4) is 0 Å². The second kappa shape index (κ2) is 10.1. The Kier molecular flexibility index (Phi) is 8.20. The van der Waals surface area contributed by atoms with Gasteiger partial charge in [0.05, 0.1) is 25.2 Å². The molecule has 2 heterocycles. The molecule has 130 valence electrons. The average molecular weight is 379 g/mol. The zero-order valence-electron chi connectivity index (χ0n) is 14.5. The largest absolute Gasteiger partial charge is 1.00 e. The second-order valence-electron chi connectivity index (χ2n) is 5.84. The number of benzene rings is 1. The van der Waals surface area contributed by atoms with Gasteiger partial charge in [-0.15, -0.1) is 0 Å². The van der Waals surface area contributed by atoms with Crippen LogP contribution < -0.4 is 67.1 Å². The van der Waals surface area contributed by atoms with E-state index in [4.69, 9.17) is 4.74 Å². The summed E-state index contributed by atoms with van der Waals surface area (Å²) in [7, 11) is 0. The number of nitrogens with zero attached hydrogens (tertiary/aromatic N) is 1. The van der Waals surface area contributed by atoms with E-state index >= 15 is 0 Å². The minimum atomic E-state index is -1.31. The predicted octanol–water partition coefficient (Wildman–Crippen LogP) is -2.01. The molecule has 0 fully saturated rings. The van der Waals surface area contributed by atoms with Crippen LogP contribution in [-0.2, 0) is 29.2 Å². The van der Waals surface area contributed by atoms with E-state index in [1.807, 2.05) is 12.1 Å². The van der Waals surface area contributed by atoms with Crippen molar-refractivity contribution >= 4 is 17.7 Å². The number of carbonyl (C=O) groups is 2. The van der Waals surface area contributed by atoms with Gasteiger partial charge in [0.1, 0.15) is 0 Å². The number of aliphatic carboxylic acids is 1. The van der Waals surface area contributed by atoms with Crippen molar-refractivity contribution in [3.63, 3.8) is 0 Å². The fourth-order valence-electron chi connectivity index (χ4n) is 2.68. The minimum absolute atomic E-state index is 0. The van der Waals surface area contributed by atoms with Crippen molar-refractivity contribution in [2.75, 3.05) is 5.32 Å². The molecule has 0 radical (unpaired) electrons. The minimum Gasteiger partial charge on any atom is -0.548 e. The third-order valence-electron chi connectivity index (χ3n) is 4.04. The Bertz CT molecular complexity index is 770. The molecule has 26 heavy (non-hydrogen) atoms. The topological polar surface area (TPSA) is 103 Å². The number of fused-ring (bicyclic) bond motifs is 1. The van der Waals surface area contributed by atoms with Crippen molar-refractivity contribution in [3.8, 4) is 0 Å². The maximum Gasteiger partial charge on any atom is 1.00 e. The van der Waals surface area contributed by atoms with E-state index in [0.717, 1.165) is 16.7 Å². The Morgan fingerprint density at radius 3 is 2.62 bits per heavy atom. The number of pyridine rings is 1. The fraction of sp³-hybridized carbons (Fsp3) is 0.278. The molecule has 1 aliphatic rings. The van der Waals surface area contributed by atoms with Gasteiger partial charge in [-0.25, -0.2) is 4.79 Å². The number of rotatable bonds is 6. The molecule has 0 spiro atoms. The number of carbonyl (C=O) groups excluding carboxylic acids is 2. The van der Waals surface area contributed by atoms with Crippen LogP contribution in [0.5, 0.6) is 0 Å². The molecule has 0 saturated heterocycles. The van der Waals surface area contributed by atoms with Crippen LogP contribution in [0.15, 0.2) is 42.7 Å². The number of hydrogen-bond acceptors (Lipinski definition) is 5. The molecular weight excluding hydrogens is 361 g/mol. The Morgan fingerprint density at radius 2 is 1.88 bits per heavy atom. The van der Waals surface area contributed by atoms with Crippen molar-refractivity contribution in [1.29, 1.82) is 0 Å². The van der Waals surface area contributed by atoms with Gasteiger partial charge in [0.2, 0.25) is 0 Å². The number of carboxylic acids is 1. The number of anilines is 1. The van der Waals surface area contributed by atoms with Crippen LogP contribution >= 0.6 is 0 Å². The number of urea groups is 1. The van der Waals surface area contributed by atoms with Crippen LogP contribution in [0.25, 0.3) is 0 Å². The Labute approximate surface area is 194 Å². The molecule has 0 aliphatic carbocycles. The van der Waals surface area contributed by atoms with Crippen molar-refractivity contribution in [2.24, 2.45) is 0 Å². The summed E-state index contributed by atoms with van der Waals surface area (Å²) < 4.78 is 5.33. The summed E-state index contributed by atoms with van der Waals surface area (Å²) in [5, 5.41) is 16.4. The van der Waals surface area contributed by atoms with Crippen LogP contribution in [0.4, 0.5) is 10.5 Å². The molecular formula is C18H18KN3O4. The maximum atomic E-state index is 12.1. The first kappa shape index (κ1) is 21.0. The van der Waals surface area contributed by atoms with Crippen LogP contribution in [0.1, 0.15) is 23.1 Å². The van der Waals surface area contributed by atoms with Gasteiger partial charge in [-0.2, -0.15) is 0 Å². The molecule has 2 N–H and O–H groups in total. The fourth-order valence-corrected chi connectivity index (χ4v) is 2.68. The summed E-state index contributed by atoms with van der Waals surface area (Å²) in [5.74, 6) is -1.31. The van der Waals surface area contributed by atoms with Gasteiger partial charge >= 0.3 is 57.4 Å². The Hall–Kier alpha value is -1.29. The van der Waals surface area contributed by atoms with Gasteiger partial charge in [-0.1, -0.05) is 6.07 Å². The van der Waals surface area contributed by atoms with E-state index in [0.29, 0.717) is 25.3 Å². The number of nitrogens with one attached hydrogen (secondary N) is 2. The Morgan fingerprint density at radius 1 is 1.15 bits per heavy atom. The maximum absolute atomic E-state index is 12.1. The number of aromatic nitrogens is 1. The quantitative estimate of drug-likeness (QED) is 0.565. The molecule has 1 aromatic carbocycles. The third-order valence-corrected chi connectivity index (χ3v) is 4.04. The first-order chi connectivity index (χ1) is 12.1. The van der Waals surface area contributed by atoms with E-state index in [9.17, 15) is 14.7 Å². The monoisotopic (exact) mass is 379 g/mol. The SMILES string of the molecule is O=C(Nc1ccc2c(c1)COC2)NC(CCc1ccncc1)C(=O)[O-].[K+]. The van der Waals surface area contributed by atoms with Crippen molar-refractivity contribution < 1.29 is 70.8 Å². The Balaban J connectivity index is 0.00000243. The summed E-state index contributed by atoms with van der Waals surface area (Å²) >= 11 is 0. The molecule has 0 saturated carbocycles. The zero-order valence-corrected chi connectivity index (χ0v) is 17.7. The number of aryl methyl sites for hydroxylation is 1. The number of amides is 2. The molecule has 1 aliphatic heterocycles. The van der Waals surface area contributed by atoms with Crippen molar-refractivity contribution in [3.05, 3.63) is 59.4 Å². The van der Waals surface area contributed by atoms with E-state index in [1.165, 1.54) is 0 Å². The predicted molar refractivity (Wildman–Crippen MR) is 88.4 cm³/mol. The van der Waals surface area contributed by atoms with Gasteiger partial charge in [-0.05, 0) is 53.8 Å².